The summed E-state index contributed by atoms with van der Waals surface area (Å²) in [7, 11) is 0. The van der Waals surface area contributed by atoms with E-state index in [0.717, 1.165) is 10.2 Å². The molecule has 1 aromatic heterocycles. The zero-order valence-electron chi connectivity index (χ0n) is 10.8. The molecule has 0 aliphatic heterocycles. The Balaban J connectivity index is 1.92. The van der Waals surface area contributed by atoms with Crippen LogP contribution in [0.2, 0.25) is 0 Å². The topological polar surface area (TPSA) is 63.0 Å². The van der Waals surface area contributed by atoms with Gasteiger partial charge >= 0.3 is 0 Å². The highest BCUT2D eigenvalue weighted by atomic mass is 79.9. The molecule has 2 aromatic rings. The Morgan fingerprint density at radius 1 is 1.42 bits per heavy atom. The zero-order valence-corrected chi connectivity index (χ0v) is 12.3. The van der Waals surface area contributed by atoms with Gasteiger partial charge in [0.2, 0.25) is 0 Å². The summed E-state index contributed by atoms with van der Waals surface area (Å²) in [5.41, 5.74) is 2.08. The summed E-state index contributed by atoms with van der Waals surface area (Å²) in [4.78, 5) is 0. The molecule has 0 spiro atoms. The van der Waals surface area contributed by atoms with Crippen molar-refractivity contribution in [2.75, 3.05) is 6.61 Å². The maximum absolute atomic E-state index is 8.82. The summed E-state index contributed by atoms with van der Waals surface area (Å²) in [5.74, 6) is 0. The molecule has 5 nitrogen and oxygen atoms in total. The van der Waals surface area contributed by atoms with Gasteiger partial charge in [0.1, 0.15) is 0 Å². The highest BCUT2D eigenvalue weighted by Gasteiger charge is 2.09. The Bertz CT molecular complexity index is 529. The highest BCUT2D eigenvalue weighted by molar-refractivity contribution is 9.10. The van der Waals surface area contributed by atoms with Gasteiger partial charge in [0, 0.05) is 23.3 Å². The molecule has 2 rings (SSSR count). The van der Waals surface area contributed by atoms with Gasteiger partial charge < -0.3 is 10.4 Å². The Morgan fingerprint density at radius 2 is 2.21 bits per heavy atom. The summed E-state index contributed by atoms with van der Waals surface area (Å²) in [6, 6.07) is 8.37. The number of nitrogens with one attached hydrogen (secondary N) is 1. The molecule has 0 radical (unpaired) electrons. The maximum atomic E-state index is 8.82. The van der Waals surface area contributed by atoms with Crippen LogP contribution in [0.15, 0.2) is 34.9 Å². The fraction of sp³-hybridized carbons (Fsp3) is 0.385. The standard InChI is InChI=1S/C13H17BrN4O/c1-10(12-4-2-3-5-13(12)14)15-8-11-9-18(6-7-19)17-16-11/h2-5,9-10,15,19H,6-8H2,1H3. The van der Waals surface area contributed by atoms with Crippen molar-refractivity contribution in [2.45, 2.75) is 26.1 Å². The number of aliphatic hydroxyl groups is 1. The molecule has 2 N–H and O–H groups in total. The predicted molar refractivity (Wildman–Crippen MR) is 76.5 cm³/mol. The SMILES string of the molecule is CC(NCc1cn(CCO)nn1)c1ccccc1Br. The molecule has 0 bridgehead atoms. The lowest BCUT2D eigenvalue weighted by Gasteiger charge is -2.14. The van der Waals surface area contributed by atoms with Crippen LogP contribution in [0.3, 0.4) is 0 Å². The van der Waals surface area contributed by atoms with Gasteiger partial charge in [-0.3, -0.25) is 0 Å². The third-order valence-electron chi connectivity index (χ3n) is 2.88. The minimum atomic E-state index is 0.0730. The van der Waals surface area contributed by atoms with Gasteiger partial charge in [0.25, 0.3) is 0 Å². The highest BCUT2D eigenvalue weighted by Crippen LogP contribution is 2.22. The van der Waals surface area contributed by atoms with Gasteiger partial charge in [-0.2, -0.15) is 0 Å². The van der Waals surface area contributed by atoms with Crippen molar-refractivity contribution in [1.82, 2.24) is 20.3 Å². The quantitative estimate of drug-likeness (QED) is 0.851. The van der Waals surface area contributed by atoms with Gasteiger partial charge in [0.05, 0.1) is 18.8 Å². The number of nitrogens with zero attached hydrogens (tertiary/aromatic N) is 3. The molecule has 0 saturated heterocycles. The lowest BCUT2D eigenvalue weighted by Crippen LogP contribution is -2.18. The van der Waals surface area contributed by atoms with Gasteiger partial charge in [-0.1, -0.05) is 39.3 Å². The van der Waals surface area contributed by atoms with Crippen molar-refractivity contribution in [3.8, 4) is 0 Å². The number of hydrogen-bond acceptors (Lipinski definition) is 4. The molecule has 0 saturated carbocycles. The van der Waals surface area contributed by atoms with E-state index in [-0.39, 0.29) is 12.6 Å². The molecule has 0 amide bonds. The van der Waals surface area contributed by atoms with Crippen molar-refractivity contribution in [3.63, 3.8) is 0 Å². The fourth-order valence-corrected chi connectivity index (χ4v) is 2.45. The molecule has 1 aromatic carbocycles. The molecule has 6 heteroatoms. The van der Waals surface area contributed by atoms with Crippen molar-refractivity contribution < 1.29 is 5.11 Å². The van der Waals surface area contributed by atoms with E-state index in [9.17, 15) is 0 Å². The second-order valence-corrected chi connectivity index (χ2v) is 5.17. The van der Waals surface area contributed by atoms with Crippen LogP contribution in [-0.2, 0) is 13.1 Å². The number of hydrogen-bond donors (Lipinski definition) is 2. The minimum Gasteiger partial charge on any atom is -0.394 e. The van der Waals surface area contributed by atoms with E-state index >= 15 is 0 Å². The third kappa shape index (κ3) is 3.86. The average Bonchev–Trinajstić information content (AvgIpc) is 2.85. The molecule has 0 aliphatic rings. The van der Waals surface area contributed by atoms with E-state index in [4.69, 9.17) is 5.11 Å². The van der Waals surface area contributed by atoms with Crippen LogP contribution in [-0.4, -0.2) is 26.7 Å². The molecule has 1 heterocycles. The van der Waals surface area contributed by atoms with E-state index in [1.54, 1.807) is 4.68 Å². The zero-order chi connectivity index (χ0) is 13.7. The first kappa shape index (κ1) is 14.2. The molecule has 102 valence electrons. The summed E-state index contributed by atoms with van der Waals surface area (Å²) >= 11 is 3.55. The van der Waals surface area contributed by atoms with E-state index < -0.39 is 0 Å². The first-order valence-corrected chi connectivity index (χ1v) is 6.97. The smallest absolute Gasteiger partial charge is 0.0965 e. The van der Waals surface area contributed by atoms with Gasteiger partial charge in [0.15, 0.2) is 0 Å². The number of benzene rings is 1. The van der Waals surface area contributed by atoms with Gasteiger partial charge in [-0.25, -0.2) is 4.68 Å². The largest absolute Gasteiger partial charge is 0.394 e. The van der Waals surface area contributed by atoms with E-state index in [0.29, 0.717) is 13.1 Å². The first-order chi connectivity index (χ1) is 9.20. The summed E-state index contributed by atoms with van der Waals surface area (Å²) in [5, 5.41) is 20.2. The summed E-state index contributed by atoms with van der Waals surface area (Å²) in [6.45, 7) is 3.31. The Kier molecular flexibility index (Phi) is 5.07. The van der Waals surface area contributed by atoms with Gasteiger partial charge in [-0.05, 0) is 18.6 Å². The average molecular weight is 325 g/mol. The number of aromatic nitrogens is 3. The first-order valence-electron chi connectivity index (χ1n) is 6.18. The van der Waals surface area contributed by atoms with Crippen LogP contribution < -0.4 is 5.32 Å². The van der Waals surface area contributed by atoms with Crippen LogP contribution in [0.1, 0.15) is 24.2 Å². The molecule has 19 heavy (non-hydrogen) atoms. The maximum Gasteiger partial charge on any atom is 0.0965 e. The molecule has 0 aliphatic carbocycles. The van der Waals surface area contributed by atoms with E-state index in [1.165, 1.54) is 5.56 Å². The van der Waals surface area contributed by atoms with Crippen LogP contribution in [0.4, 0.5) is 0 Å². The Labute approximate surface area is 120 Å². The fourth-order valence-electron chi connectivity index (χ4n) is 1.83. The van der Waals surface area contributed by atoms with Crippen LogP contribution in [0, 0.1) is 0 Å². The number of aliphatic hydroxyl groups excluding tert-OH is 1. The Hall–Kier alpha value is -1.24. The number of halogens is 1. The molecule has 1 atom stereocenters. The van der Waals surface area contributed by atoms with Crippen LogP contribution in [0.25, 0.3) is 0 Å². The van der Waals surface area contributed by atoms with Crippen molar-refractivity contribution in [2.24, 2.45) is 0 Å². The third-order valence-corrected chi connectivity index (χ3v) is 3.60. The van der Waals surface area contributed by atoms with Crippen molar-refractivity contribution >= 4 is 15.9 Å². The predicted octanol–water partition coefficient (Wildman–Crippen LogP) is 1.88. The molecule has 1 unspecified atom stereocenters. The van der Waals surface area contributed by atoms with Crippen LogP contribution >= 0.6 is 15.9 Å². The van der Waals surface area contributed by atoms with Crippen molar-refractivity contribution in [1.29, 1.82) is 0 Å². The lowest BCUT2D eigenvalue weighted by atomic mass is 10.1. The molecular weight excluding hydrogens is 308 g/mol. The summed E-state index contributed by atoms with van der Waals surface area (Å²) in [6.07, 6.45) is 1.84. The molecule has 0 fully saturated rings. The van der Waals surface area contributed by atoms with Crippen molar-refractivity contribution in [3.05, 3.63) is 46.2 Å². The van der Waals surface area contributed by atoms with Gasteiger partial charge in [-0.15, -0.1) is 5.10 Å². The monoisotopic (exact) mass is 324 g/mol. The second-order valence-electron chi connectivity index (χ2n) is 4.32. The van der Waals surface area contributed by atoms with Crippen LogP contribution in [0.5, 0.6) is 0 Å². The molecular formula is C13H17BrN4O. The lowest BCUT2D eigenvalue weighted by molar-refractivity contribution is 0.268. The number of rotatable bonds is 6. The second kappa shape index (κ2) is 6.79. The Morgan fingerprint density at radius 3 is 2.95 bits per heavy atom. The van der Waals surface area contributed by atoms with E-state index in [1.807, 2.05) is 24.4 Å². The normalized spacial score (nSPS) is 12.6. The summed E-state index contributed by atoms with van der Waals surface area (Å²) < 4.78 is 2.74. The minimum absolute atomic E-state index is 0.0730. The van der Waals surface area contributed by atoms with E-state index in [2.05, 4.69) is 44.5 Å².